The van der Waals surface area contributed by atoms with E-state index in [1.54, 1.807) is 19.1 Å². The van der Waals surface area contributed by atoms with Gasteiger partial charge in [-0.25, -0.2) is 9.18 Å². The molecule has 0 atom stereocenters. The largest absolute Gasteiger partial charge is 0.463 e. The molecule has 0 spiro atoms. The van der Waals surface area contributed by atoms with Gasteiger partial charge < -0.3 is 4.74 Å². The van der Waals surface area contributed by atoms with Gasteiger partial charge in [0.05, 0.1) is 6.61 Å². The predicted octanol–water partition coefficient (Wildman–Crippen LogP) is 2.96. The van der Waals surface area contributed by atoms with E-state index in [0.717, 1.165) is 17.5 Å². The van der Waals surface area contributed by atoms with Crippen LogP contribution in [0.2, 0.25) is 0 Å². The van der Waals surface area contributed by atoms with Crippen LogP contribution in [0.5, 0.6) is 0 Å². The van der Waals surface area contributed by atoms with Crippen LogP contribution in [0.25, 0.3) is 6.08 Å². The summed E-state index contributed by atoms with van der Waals surface area (Å²) in [6, 6.07) is 4.51. The van der Waals surface area contributed by atoms with Gasteiger partial charge in [0.2, 0.25) is 0 Å². The van der Waals surface area contributed by atoms with Gasteiger partial charge in [0.25, 0.3) is 0 Å². The Bertz CT molecular complexity index is 397. The van der Waals surface area contributed by atoms with Gasteiger partial charge in [-0.05, 0) is 42.7 Å². The molecule has 0 amide bonds. The number of hydrogen-bond acceptors (Lipinski definition) is 2. The summed E-state index contributed by atoms with van der Waals surface area (Å²) < 4.78 is 17.7. The predicted molar refractivity (Wildman–Crippen MR) is 61.4 cm³/mol. The molecule has 86 valence electrons. The maximum atomic E-state index is 12.9. The second-order valence-corrected chi connectivity index (χ2v) is 3.28. The number of carbonyl (C=O) groups excluding carboxylic acids is 1. The van der Waals surface area contributed by atoms with Crippen LogP contribution in [0.1, 0.15) is 25.0 Å². The maximum Gasteiger partial charge on any atom is 0.330 e. The van der Waals surface area contributed by atoms with E-state index >= 15 is 0 Å². The Labute approximate surface area is 94.7 Å². The van der Waals surface area contributed by atoms with E-state index in [1.165, 1.54) is 18.2 Å². The topological polar surface area (TPSA) is 26.3 Å². The highest BCUT2D eigenvalue weighted by Gasteiger charge is 2.00. The van der Waals surface area contributed by atoms with Crippen molar-refractivity contribution in [3.05, 3.63) is 41.2 Å². The molecule has 0 radical (unpaired) electrons. The summed E-state index contributed by atoms with van der Waals surface area (Å²) in [6.07, 6.45) is 3.73. The zero-order chi connectivity index (χ0) is 12.0. The summed E-state index contributed by atoms with van der Waals surface area (Å²) in [7, 11) is 0. The fourth-order valence-electron chi connectivity index (χ4n) is 1.39. The van der Waals surface area contributed by atoms with Gasteiger partial charge in [0.15, 0.2) is 0 Å². The molecule has 0 saturated heterocycles. The molecule has 0 heterocycles. The fourth-order valence-corrected chi connectivity index (χ4v) is 1.39. The molecular weight excluding hydrogens is 207 g/mol. The third-order valence-corrected chi connectivity index (χ3v) is 2.17. The average Bonchev–Trinajstić information content (AvgIpc) is 2.27. The molecule has 0 saturated carbocycles. The quantitative estimate of drug-likeness (QED) is 0.578. The summed E-state index contributed by atoms with van der Waals surface area (Å²) in [5.41, 5.74) is 1.72. The zero-order valence-corrected chi connectivity index (χ0v) is 9.50. The Hall–Kier alpha value is -1.64. The van der Waals surface area contributed by atoms with Crippen molar-refractivity contribution in [2.24, 2.45) is 0 Å². The maximum absolute atomic E-state index is 12.9. The molecule has 0 aliphatic rings. The lowest BCUT2D eigenvalue weighted by Gasteiger charge is -2.03. The highest BCUT2D eigenvalue weighted by molar-refractivity contribution is 5.87. The number of rotatable bonds is 4. The van der Waals surface area contributed by atoms with Crippen molar-refractivity contribution in [1.29, 1.82) is 0 Å². The summed E-state index contributed by atoms with van der Waals surface area (Å²) in [4.78, 5) is 11.1. The van der Waals surface area contributed by atoms with Gasteiger partial charge in [-0.3, -0.25) is 0 Å². The third-order valence-electron chi connectivity index (χ3n) is 2.17. The van der Waals surface area contributed by atoms with Crippen molar-refractivity contribution in [1.82, 2.24) is 0 Å². The summed E-state index contributed by atoms with van der Waals surface area (Å²) in [5.74, 6) is -0.640. The molecule has 0 N–H and O–H groups in total. The minimum Gasteiger partial charge on any atom is -0.463 e. The number of ether oxygens (including phenoxy) is 1. The van der Waals surface area contributed by atoms with E-state index in [-0.39, 0.29) is 11.8 Å². The van der Waals surface area contributed by atoms with E-state index in [4.69, 9.17) is 4.74 Å². The van der Waals surface area contributed by atoms with Gasteiger partial charge in [-0.1, -0.05) is 13.0 Å². The van der Waals surface area contributed by atoms with Crippen molar-refractivity contribution in [2.75, 3.05) is 6.61 Å². The molecule has 1 aromatic rings. The molecule has 0 aliphatic carbocycles. The van der Waals surface area contributed by atoms with Gasteiger partial charge >= 0.3 is 5.97 Å². The van der Waals surface area contributed by atoms with Crippen LogP contribution >= 0.6 is 0 Å². The molecule has 0 bridgehead atoms. The van der Waals surface area contributed by atoms with Crippen molar-refractivity contribution >= 4 is 12.0 Å². The van der Waals surface area contributed by atoms with E-state index < -0.39 is 0 Å². The van der Waals surface area contributed by atoms with Crippen LogP contribution in [0.4, 0.5) is 4.39 Å². The first kappa shape index (κ1) is 12.4. The number of benzene rings is 1. The molecule has 0 aliphatic heterocycles. The molecule has 2 nitrogen and oxygen atoms in total. The number of halogens is 1. The second-order valence-electron chi connectivity index (χ2n) is 3.28. The van der Waals surface area contributed by atoms with Crippen molar-refractivity contribution < 1.29 is 13.9 Å². The lowest BCUT2D eigenvalue weighted by atomic mass is 10.0. The van der Waals surface area contributed by atoms with Crippen molar-refractivity contribution in [3.63, 3.8) is 0 Å². The first-order valence-corrected chi connectivity index (χ1v) is 5.30. The minimum absolute atomic E-state index is 0.259. The average molecular weight is 222 g/mol. The van der Waals surface area contributed by atoms with Crippen molar-refractivity contribution in [2.45, 2.75) is 20.3 Å². The molecule has 16 heavy (non-hydrogen) atoms. The minimum atomic E-state index is -0.381. The molecule has 3 heteroatoms. The summed E-state index contributed by atoms with van der Waals surface area (Å²) in [6.45, 7) is 4.05. The highest BCUT2D eigenvalue weighted by atomic mass is 19.1. The first-order chi connectivity index (χ1) is 7.67. The van der Waals surface area contributed by atoms with E-state index in [2.05, 4.69) is 0 Å². The number of hydrogen-bond donors (Lipinski definition) is 0. The molecule has 1 rings (SSSR count). The van der Waals surface area contributed by atoms with Crippen LogP contribution < -0.4 is 0 Å². The monoisotopic (exact) mass is 222 g/mol. The third kappa shape index (κ3) is 3.50. The van der Waals surface area contributed by atoms with E-state index in [1.807, 2.05) is 6.92 Å². The molecule has 0 fully saturated rings. The number of esters is 1. The van der Waals surface area contributed by atoms with Crippen LogP contribution in [-0.2, 0) is 16.0 Å². The molecular formula is C13H15FO2. The van der Waals surface area contributed by atoms with Gasteiger partial charge in [0.1, 0.15) is 5.82 Å². The van der Waals surface area contributed by atoms with Crippen LogP contribution in [0.3, 0.4) is 0 Å². The van der Waals surface area contributed by atoms with Gasteiger partial charge in [-0.2, -0.15) is 0 Å². The Morgan fingerprint density at radius 1 is 1.44 bits per heavy atom. The normalized spacial score (nSPS) is 10.7. The van der Waals surface area contributed by atoms with Crippen molar-refractivity contribution in [3.8, 4) is 0 Å². The van der Waals surface area contributed by atoms with Gasteiger partial charge in [0, 0.05) is 6.08 Å². The zero-order valence-electron chi connectivity index (χ0n) is 9.50. The first-order valence-electron chi connectivity index (χ1n) is 5.30. The Kier molecular flexibility index (Phi) is 4.70. The molecule has 0 aromatic heterocycles. The lowest BCUT2D eigenvalue weighted by molar-refractivity contribution is -0.137. The molecule has 1 aromatic carbocycles. The number of aryl methyl sites for hydroxylation is 1. The Morgan fingerprint density at radius 2 is 2.19 bits per heavy atom. The molecule has 0 unspecified atom stereocenters. The number of carbonyl (C=O) groups is 1. The van der Waals surface area contributed by atoms with E-state index in [9.17, 15) is 9.18 Å². The smallest absolute Gasteiger partial charge is 0.330 e. The van der Waals surface area contributed by atoms with Crippen LogP contribution in [0.15, 0.2) is 24.3 Å². The highest BCUT2D eigenvalue weighted by Crippen LogP contribution is 2.13. The van der Waals surface area contributed by atoms with Crippen LogP contribution in [-0.4, -0.2) is 12.6 Å². The summed E-state index contributed by atoms with van der Waals surface area (Å²) in [5, 5.41) is 0. The summed E-state index contributed by atoms with van der Waals surface area (Å²) >= 11 is 0. The fraction of sp³-hybridized carbons (Fsp3) is 0.308. The SMILES string of the molecule is CCOC(=O)/C=C/c1ccc(F)cc1CC. The lowest BCUT2D eigenvalue weighted by Crippen LogP contribution is -1.99. The Morgan fingerprint density at radius 3 is 2.81 bits per heavy atom. The second kappa shape index (κ2) is 6.05. The van der Waals surface area contributed by atoms with Gasteiger partial charge in [-0.15, -0.1) is 0 Å². The standard InChI is InChI=1S/C13H15FO2/c1-3-10-9-12(14)7-5-11(10)6-8-13(15)16-4-2/h5-9H,3-4H2,1-2H3/b8-6+. The Balaban J connectivity index is 2.84. The van der Waals surface area contributed by atoms with E-state index in [0.29, 0.717) is 6.61 Å². The van der Waals surface area contributed by atoms with Crippen LogP contribution in [0, 0.1) is 5.82 Å².